The molecule has 1 atom stereocenters. The standard InChI is InChI=1S/C15H30N2O2S/c1-12-5-7-17(8-6-12)10-13(18)9-16-14(19)11-20-15(2,3)4/h12-13,18H,5-11H2,1-4H3,(H,16,19)/t13-/m1/s1. The third kappa shape index (κ3) is 8.12. The minimum atomic E-state index is -0.466. The fourth-order valence-electron chi connectivity index (χ4n) is 2.17. The minimum Gasteiger partial charge on any atom is -0.390 e. The van der Waals surface area contributed by atoms with Gasteiger partial charge in [-0.25, -0.2) is 0 Å². The Labute approximate surface area is 127 Å². The van der Waals surface area contributed by atoms with Gasteiger partial charge >= 0.3 is 0 Å². The minimum absolute atomic E-state index is 0.0104. The first kappa shape index (κ1) is 17.8. The Morgan fingerprint density at radius 2 is 2.00 bits per heavy atom. The Balaban J connectivity index is 2.13. The zero-order valence-electron chi connectivity index (χ0n) is 13.3. The number of hydrogen-bond acceptors (Lipinski definition) is 4. The van der Waals surface area contributed by atoms with Gasteiger partial charge in [0.15, 0.2) is 0 Å². The lowest BCUT2D eigenvalue weighted by atomic mass is 9.99. The average molecular weight is 302 g/mol. The smallest absolute Gasteiger partial charge is 0.230 e. The summed E-state index contributed by atoms with van der Waals surface area (Å²) in [5.74, 6) is 1.27. The van der Waals surface area contributed by atoms with E-state index in [4.69, 9.17) is 0 Å². The molecule has 1 amide bonds. The van der Waals surface area contributed by atoms with Crippen LogP contribution in [-0.2, 0) is 4.79 Å². The highest BCUT2D eigenvalue weighted by Gasteiger charge is 2.19. The van der Waals surface area contributed by atoms with E-state index in [1.165, 1.54) is 12.8 Å². The van der Waals surface area contributed by atoms with Gasteiger partial charge in [-0.3, -0.25) is 4.79 Å². The molecule has 0 aliphatic carbocycles. The maximum Gasteiger partial charge on any atom is 0.230 e. The Morgan fingerprint density at radius 3 is 2.55 bits per heavy atom. The first-order valence-corrected chi connectivity index (χ1v) is 8.56. The van der Waals surface area contributed by atoms with Crippen LogP contribution in [0.4, 0.5) is 0 Å². The molecule has 0 aromatic rings. The Hall–Kier alpha value is -0.260. The average Bonchev–Trinajstić information content (AvgIpc) is 2.36. The maximum atomic E-state index is 11.7. The molecule has 4 nitrogen and oxygen atoms in total. The number of carbonyl (C=O) groups is 1. The normalized spacial score (nSPS) is 19.9. The van der Waals surface area contributed by atoms with Crippen molar-refractivity contribution < 1.29 is 9.90 Å². The van der Waals surface area contributed by atoms with Crippen molar-refractivity contribution in [2.45, 2.75) is 51.4 Å². The van der Waals surface area contributed by atoms with Crippen molar-refractivity contribution >= 4 is 17.7 Å². The summed E-state index contributed by atoms with van der Waals surface area (Å²) in [6.45, 7) is 11.7. The number of β-amino-alcohol motifs (C(OH)–C–C–N with tert-alkyl or cyclic N) is 1. The van der Waals surface area contributed by atoms with E-state index in [1.54, 1.807) is 11.8 Å². The molecule has 1 aliphatic rings. The summed E-state index contributed by atoms with van der Waals surface area (Å²) in [4.78, 5) is 14.0. The van der Waals surface area contributed by atoms with Crippen LogP contribution in [0, 0.1) is 5.92 Å². The number of carbonyl (C=O) groups excluding carboxylic acids is 1. The topological polar surface area (TPSA) is 52.6 Å². The molecule has 0 aromatic carbocycles. The molecule has 0 saturated carbocycles. The number of aliphatic hydroxyl groups is 1. The predicted molar refractivity (Wildman–Crippen MR) is 86.1 cm³/mol. The largest absolute Gasteiger partial charge is 0.390 e. The van der Waals surface area contributed by atoms with Crippen LogP contribution in [0.5, 0.6) is 0 Å². The zero-order chi connectivity index (χ0) is 15.2. The molecule has 1 heterocycles. The fourth-order valence-corrected chi connectivity index (χ4v) is 2.84. The molecular weight excluding hydrogens is 272 g/mol. The third-order valence-electron chi connectivity index (χ3n) is 3.52. The van der Waals surface area contributed by atoms with Crippen molar-refractivity contribution in [1.29, 1.82) is 0 Å². The third-order valence-corrected chi connectivity index (χ3v) is 4.79. The van der Waals surface area contributed by atoms with Gasteiger partial charge in [0.1, 0.15) is 0 Å². The lowest BCUT2D eigenvalue weighted by Crippen LogP contribution is -2.43. The maximum absolute atomic E-state index is 11.7. The van der Waals surface area contributed by atoms with Crippen molar-refractivity contribution in [1.82, 2.24) is 10.2 Å². The van der Waals surface area contributed by atoms with Crippen molar-refractivity contribution in [2.24, 2.45) is 5.92 Å². The van der Waals surface area contributed by atoms with E-state index in [9.17, 15) is 9.90 Å². The number of hydrogen-bond donors (Lipinski definition) is 2. The summed E-state index contributed by atoms with van der Waals surface area (Å²) >= 11 is 1.63. The van der Waals surface area contributed by atoms with E-state index in [0.717, 1.165) is 19.0 Å². The van der Waals surface area contributed by atoms with Crippen LogP contribution in [0.2, 0.25) is 0 Å². The van der Waals surface area contributed by atoms with Crippen molar-refractivity contribution in [3.63, 3.8) is 0 Å². The summed E-state index contributed by atoms with van der Waals surface area (Å²) in [5, 5.41) is 12.8. The van der Waals surface area contributed by atoms with E-state index < -0.39 is 6.10 Å². The van der Waals surface area contributed by atoms with Crippen LogP contribution >= 0.6 is 11.8 Å². The van der Waals surface area contributed by atoms with Crippen LogP contribution in [0.3, 0.4) is 0 Å². The van der Waals surface area contributed by atoms with Crippen LogP contribution < -0.4 is 5.32 Å². The van der Waals surface area contributed by atoms with E-state index in [1.807, 2.05) is 0 Å². The summed E-state index contributed by atoms with van der Waals surface area (Å²) in [7, 11) is 0. The molecule has 2 N–H and O–H groups in total. The number of piperidine rings is 1. The highest BCUT2D eigenvalue weighted by Crippen LogP contribution is 2.22. The molecule has 118 valence electrons. The highest BCUT2D eigenvalue weighted by atomic mass is 32.2. The van der Waals surface area contributed by atoms with Gasteiger partial charge in [-0.15, -0.1) is 11.8 Å². The molecule has 1 rings (SSSR count). The van der Waals surface area contributed by atoms with Gasteiger partial charge in [-0.05, 0) is 31.8 Å². The predicted octanol–water partition coefficient (Wildman–Crippen LogP) is 1.73. The molecule has 1 saturated heterocycles. The molecule has 1 aliphatic heterocycles. The molecule has 20 heavy (non-hydrogen) atoms. The number of amides is 1. The lowest BCUT2D eigenvalue weighted by Gasteiger charge is -2.31. The Bertz CT molecular complexity index is 297. The van der Waals surface area contributed by atoms with Crippen molar-refractivity contribution in [3.05, 3.63) is 0 Å². The Morgan fingerprint density at radius 1 is 1.40 bits per heavy atom. The summed E-state index contributed by atoms with van der Waals surface area (Å²) < 4.78 is 0.0977. The quantitative estimate of drug-likeness (QED) is 0.784. The SMILES string of the molecule is CC1CCN(C[C@H](O)CNC(=O)CSC(C)(C)C)CC1. The molecule has 0 bridgehead atoms. The monoisotopic (exact) mass is 302 g/mol. The number of aliphatic hydroxyl groups excluding tert-OH is 1. The number of thioether (sulfide) groups is 1. The molecule has 0 spiro atoms. The van der Waals surface area contributed by atoms with E-state index in [2.05, 4.69) is 37.9 Å². The lowest BCUT2D eigenvalue weighted by molar-refractivity contribution is -0.119. The summed E-state index contributed by atoms with van der Waals surface area (Å²) in [6.07, 6.45) is 1.95. The van der Waals surface area contributed by atoms with Crippen LogP contribution in [0.15, 0.2) is 0 Å². The second-order valence-electron chi connectivity index (χ2n) is 6.84. The number of nitrogens with one attached hydrogen (secondary N) is 1. The fraction of sp³-hybridized carbons (Fsp3) is 0.933. The summed E-state index contributed by atoms with van der Waals surface area (Å²) in [5.41, 5.74) is 0. The van der Waals surface area contributed by atoms with Gasteiger partial charge in [0, 0.05) is 17.8 Å². The first-order valence-electron chi connectivity index (χ1n) is 7.57. The van der Waals surface area contributed by atoms with Gasteiger partial charge < -0.3 is 15.3 Å². The molecule has 0 radical (unpaired) electrons. The molecular formula is C15H30N2O2S. The van der Waals surface area contributed by atoms with Gasteiger partial charge in [-0.2, -0.15) is 0 Å². The van der Waals surface area contributed by atoms with Gasteiger partial charge in [0.25, 0.3) is 0 Å². The summed E-state index contributed by atoms with van der Waals surface area (Å²) in [6, 6.07) is 0. The van der Waals surface area contributed by atoms with E-state index in [0.29, 0.717) is 18.8 Å². The Kier molecular flexibility index (Phi) is 7.34. The number of nitrogens with zero attached hydrogens (tertiary/aromatic N) is 1. The van der Waals surface area contributed by atoms with Crippen molar-refractivity contribution in [2.75, 3.05) is 31.9 Å². The van der Waals surface area contributed by atoms with Gasteiger partial charge in [0.05, 0.1) is 11.9 Å². The highest BCUT2D eigenvalue weighted by molar-refractivity contribution is 8.01. The van der Waals surface area contributed by atoms with Crippen molar-refractivity contribution in [3.8, 4) is 0 Å². The van der Waals surface area contributed by atoms with Gasteiger partial charge in [-0.1, -0.05) is 27.7 Å². The van der Waals surface area contributed by atoms with E-state index >= 15 is 0 Å². The molecule has 0 aromatic heterocycles. The zero-order valence-corrected chi connectivity index (χ0v) is 14.1. The molecule has 1 fully saturated rings. The second kappa shape index (κ2) is 8.25. The van der Waals surface area contributed by atoms with Crippen LogP contribution in [0.25, 0.3) is 0 Å². The molecule has 5 heteroatoms. The number of likely N-dealkylation sites (tertiary alicyclic amines) is 1. The second-order valence-corrected chi connectivity index (χ2v) is 8.64. The van der Waals surface area contributed by atoms with Gasteiger partial charge in [0.2, 0.25) is 5.91 Å². The van der Waals surface area contributed by atoms with Crippen LogP contribution in [-0.4, -0.2) is 58.7 Å². The first-order chi connectivity index (χ1) is 9.26. The number of rotatable bonds is 6. The van der Waals surface area contributed by atoms with Crippen LogP contribution in [0.1, 0.15) is 40.5 Å². The molecule has 0 unspecified atom stereocenters. The van der Waals surface area contributed by atoms with E-state index in [-0.39, 0.29) is 10.7 Å².